The van der Waals surface area contributed by atoms with Crippen LogP contribution in [0, 0.1) is 13.8 Å². The number of aryl methyl sites for hydroxylation is 2. The molecule has 0 unspecified atom stereocenters. The highest BCUT2D eigenvalue weighted by Crippen LogP contribution is 2.11. The summed E-state index contributed by atoms with van der Waals surface area (Å²) in [6, 6.07) is 0. The van der Waals surface area contributed by atoms with Crippen molar-refractivity contribution >= 4 is 5.91 Å². The lowest BCUT2D eigenvalue weighted by atomic mass is 10.2. The first-order valence-corrected chi connectivity index (χ1v) is 8.16. The van der Waals surface area contributed by atoms with Crippen LogP contribution in [0.5, 0.6) is 0 Å². The molecule has 5 nitrogen and oxygen atoms in total. The van der Waals surface area contributed by atoms with Gasteiger partial charge in [-0.2, -0.15) is 5.10 Å². The molecule has 1 aliphatic heterocycles. The lowest BCUT2D eigenvalue weighted by Gasteiger charge is -2.19. The van der Waals surface area contributed by atoms with Gasteiger partial charge in [0.1, 0.15) is 0 Å². The molecule has 0 spiro atoms. The monoisotopic (exact) mass is 292 g/mol. The molecule has 1 fully saturated rings. The summed E-state index contributed by atoms with van der Waals surface area (Å²) < 4.78 is 0. The maximum atomic E-state index is 11.9. The highest BCUT2D eigenvalue weighted by atomic mass is 16.1. The van der Waals surface area contributed by atoms with Crippen molar-refractivity contribution < 1.29 is 4.79 Å². The number of hydrogen-bond acceptors (Lipinski definition) is 3. The zero-order chi connectivity index (χ0) is 15.1. The zero-order valence-corrected chi connectivity index (χ0v) is 13.4. The largest absolute Gasteiger partial charge is 0.352 e. The van der Waals surface area contributed by atoms with E-state index in [2.05, 4.69) is 20.4 Å². The van der Waals surface area contributed by atoms with Crippen molar-refractivity contribution in [2.24, 2.45) is 0 Å². The van der Waals surface area contributed by atoms with Gasteiger partial charge in [0, 0.05) is 24.2 Å². The Balaban J connectivity index is 1.63. The summed E-state index contributed by atoms with van der Waals surface area (Å²) in [6.45, 7) is 7.99. The van der Waals surface area contributed by atoms with E-state index in [1.807, 2.05) is 13.8 Å². The van der Waals surface area contributed by atoms with Crippen LogP contribution in [-0.4, -0.2) is 40.6 Å². The average molecular weight is 292 g/mol. The van der Waals surface area contributed by atoms with E-state index in [-0.39, 0.29) is 5.91 Å². The van der Waals surface area contributed by atoms with Crippen LogP contribution in [0.2, 0.25) is 0 Å². The Kier molecular flexibility index (Phi) is 6.23. The van der Waals surface area contributed by atoms with Gasteiger partial charge in [0.15, 0.2) is 0 Å². The minimum Gasteiger partial charge on any atom is -0.352 e. The third kappa shape index (κ3) is 5.16. The highest BCUT2D eigenvalue weighted by Gasteiger charge is 2.11. The van der Waals surface area contributed by atoms with Crippen LogP contribution < -0.4 is 5.32 Å². The third-order valence-corrected chi connectivity index (χ3v) is 4.32. The quantitative estimate of drug-likeness (QED) is 0.845. The number of nitrogens with one attached hydrogen (secondary N) is 2. The molecule has 0 bridgehead atoms. The predicted octanol–water partition coefficient (Wildman–Crippen LogP) is 2.30. The van der Waals surface area contributed by atoms with Crippen molar-refractivity contribution in [3.8, 4) is 0 Å². The Hall–Kier alpha value is -1.36. The van der Waals surface area contributed by atoms with E-state index < -0.39 is 0 Å². The summed E-state index contributed by atoms with van der Waals surface area (Å²) in [7, 11) is 0. The standard InChI is InChI=1S/C16H28N4O/c1-13-15(14(2)19-18-13)12-17-16(21)8-7-11-20-9-5-3-4-6-10-20/h3-12H2,1-2H3,(H,17,21)(H,18,19). The number of amides is 1. The average Bonchev–Trinajstić information content (AvgIpc) is 2.68. The van der Waals surface area contributed by atoms with Gasteiger partial charge in [-0.25, -0.2) is 0 Å². The van der Waals surface area contributed by atoms with Crippen LogP contribution in [0.4, 0.5) is 0 Å². The minimum atomic E-state index is 0.143. The number of carbonyl (C=O) groups is 1. The Labute approximate surface area is 127 Å². The van der Waals surface area contributed by atoms with E-state index in [1.54, 1.807) is 0 Å². The third-order valence-electron chi connectivity index (χ3n) is 4.32. The summed E-state index contributed by atoms with van der Waals surface area (Å²) in [5.41, 5.74) is 3.12. The summed E-state index contributed by atoms with van der Waals surface area (Å²) in [5.74, 6) is 0.143. The normalized spacial score (nSPS) is 16.7. The van der Waals surface area contributed by atoms with Gasteiger partial charge in [-0.05, 0) is 52.7 Å². The minimum absolute atomic E-state index is 0.143. The van der Waals surface area contributed by atoms with Crippen LogP contribution in [0.3, 0.4) is 0 Å². The second-order valence-electron chi connectivity index (χ2n) is 6.05. The topological polar surface area (TPSA) is 61.0 Å². The van der Waals surface area contributed by atoms with Crippen LogP contribution >= 0.6 is 0 Å². The first-order chi connectivity index (χ1) is 10.2. The molecule has 2 N–H and O–H groups in total. The number of H-pyrrole nitrogens is 1. The van der Waals surface area contributed by atoms with Gasteiger partial charge in [0.2, 0.25) is 5.91 Å². The highest BCUT2D eigenvalue weighted by molar-refractivity contribution is 5.75. The maximum absolute atomic E-state index is 11.9. The Bertz CT molecular complexity index is 428. The second-order valence-corrected chi connectivity index (χ2v) is 6.05. The maximum Gasteiger partial charge on any atom is 0.220 e. The van der Waals surface area contributed by atoms with E-state index in [4.69, 9.17) is 0 Å². The van der Waals surface area contributed by atoms with E-state index >= 15 is 0 Å². The molecule has 1 aliphatic rings. The number of hydrogen-bond donors (Lipinski definition) is 2. The first kappa shape index (κ1) is 16.0. The fourth-order valence-corrected chi connectivity index (χ4v) is 2.93. The first-order valence-electron chi connectivity index (χ1n) is 8.16. The second kappa shape index (κ2) is 8.17. The van der Waals surface area contributed by atoms with Crippen LogP contribution in [0.1, 0.15) is 55.5 Å². The van der Waals surface area contributed by atoms with Crippen LogP contribution in [-0.2, 0) is 11.3 Å². The van der Waals surface area contributed by atoms with Crippen molar-refractivity contribution in [2.75, 3.05) is 19.6 Å². The number of rotatable bonds is 6. The molecule has 0 saturated carbocycles. The molecule has 5 heteroatoms. The van der Waals surface area contributed by atoms with Gasteiger partial charge in [-0.3, -0.25) is 9.89 Å². The molecule has 2 heterocycles. The number of likely N-dealkylation sites (tertiary alicyclic amines) is 1. The van der Waals surface area contributed by atoms with Crippen molar-refractivity contribution in [1.82, 2.24) is 20.4 Å². The molecular formula is C16H28N4O. The lowest BCUT2D eigenvalue weighted by molar-refractivity contribution is -0.121. The van der Waals surface area contributed by atoms with Crippen molar-refractivity contribution in [2.45, 2.75) is 58.9 Å². The molecule has 0 aromatic carbocycles. The smallest absolute Gasteiger partial charge is 0.220 e. The van der Waals surface area contributed by atoms with Gasteiger partial charge in [0.25, 0.3) is 0 Å². The fourth-order valence-electron chi connectivity index (χ4n) is 2.93. The molecule has 118 valence electrons. The van der Waals surface area contributed by atoms with Gasteiger partial charge >= 0.3 is 0 Å². The SMILES string of the molecule is Cc1n[nH]c(C)c1CNC(=O)CCCN1CCCCCC1. The Morgan fingerprint density at radius 3 is 2.57 bits per heavy atom. The summed E-state index contributed by atoms with van der Waals surface area (Å²) in [6.07, 6.45) is 6.92. The Morgan fingerprint density at radius 2 is 1.95 bits per heavy atom. The van der Waals surface area contributed by atoms with E-state index in [9.17, 15) is 4.79 Å². The summed E-state index contributed by atoms with van der Waals surface area (Å²) in [5, 5.41) is 10.1. The van der Waals surface area contributed by atoms with Crippen LogP contribution in [0.15, 0.2) is 0 Å². The van der Waals surface area contributed by atoms with Crippen molar-refractivity contribution in [1.29, 1.82) is 0 Å². The molecule has 2 rings (SSSR count). The Morgan fingerprint density at radius 1 is 1.24 bits per heavy atom. The zero-order valence-electron chi connectivity index (χ0n) is 13.4. The van der Waals surface area contributed by atoms with E-state index in [0.717, 1.165) is 29.9 Å². The molecular weight excluding hydrogens is 264 g/mol. The van der Waals surface area contributed by atoms with Gasteiger partial charge < -0.3 is 10.2 Å². The molecule has 1 amide bonds. The molecule has 1 aromatic heterocycles. The molecule has 21 heavy (non-hydrogen) atoms. The van der Waals surface area contributed by atoms with Crippen molar-refractivity contribution in [3.63, 3.8) is 0 Å². The summed E-state index contributed by atoms with van der Waals surface area (Å²) in [4.78, 5) is 14.4. The fraction of sp³-hybridized carbons (Fsp3) is 0.750. The molecule has 0 radical (unpaired) electrons. The number of aromatic nitrogens is 2. The van der Waals surface area contributed by atoms with E-state index in [1.165, 1.54) is 38.8 Å². The molecule has 0 atom stereocenters. The van der Waals surface area contributed by atoms with Gasteiger partial charge in [-0.15, -0.1) is 0 Å². The van der Waals surface area contributed by atoms with E-state index in [0.29, 0.717) is 13.0 Å². The summed E-state index contributed by atoms with van der Waals surface area (Å²) >= 11 is 0. The number of aromatic amines is 1. The molecule has 1 saturated heterocycles. The lowest BCUT2D eigenvalue weighted by Crippen LogP contribution is -2.28. The van der Waals surface area contributed by atoms with Crippen LogP contribution in [0.25, 0.3) is 0 Å². The number of carbonyl (C=O) groups excluding carboxylic acids is 1. The number of nitrogens with zero attached hydrogens (tertiary/aromatic N) is 2. The molecule has 0 aliphatic carbocycles. The van der Waals surface area contributed by atoms with Gasteiger partial charge in [-0.1, -0.05) is 12.8 Å². The van der Waals surface area contributed by atoms with Gasteiger partial charge in [0.05, 0.1) is 5.69 Å². The van der Waals surface area contributed by atoms with Crippen molar-refractivity contribution in [3.05, 3.63) is 17.0 Å². The predicted molar refractivity (Wildman–Crippen MR) is 84.1 cm³/mol. The molecule has 1 aromatic rings.